The number of rotatable bonds is 2. The van der Waals surface area contributed by atoms with Crippen LogP contribution in [-0.2, 0) is 11.2 Å². The molecule has 1 amide bonds. The highest BCUT2D eigenvalue weighted by Crippen LogP contribution is 2.39. The van der Waals surface area contributed by atoms with Gasteiger partial charge in [-0.05, 0) is 69.6 Å². The van der Waals surface area contributed by atoms with Crippen molar-refractivity contribution < 1.29 is 18.3 Å². The molecule has 0 unspecified atom stereocenters. The second-order valence-electron chi connectivity index (χ2n) is 8.21. The Morgan fingerprint density at radius 3 is 2.58 bits per heavy atom. The van der Waals surface area contributed by atoms with Gasteiger partial charge in [0.2, 0.25) is 0 Å². The lowest BCUT2D eigenvalue weighted by Gasteiger charge is -2.34. The van der Waals surface area contributed by atoms with Crippen molar-refractivity contribution in [2.75, 3.05) is 25.0 Å². The average molecular weight is 366 g/mol. The molecule has 0 saturated carbocycles. The number of aryl methyl sites for hydroxylation is 1. The number of alkyl halides is 2. The molecule has 0 atom stereocenters. The van der Waals surface area contributed by atoms with E-state index in [0.717, 1.165) is 36.2 Å². The van der Waals surface area contributed by atoms with Crippen LogP contribution in [-0.4, -0.2) is 36.2 Å². The summed E-state index contributed by atoms with van der Waals surface area (Å²) in [4.78, 5) is 13.9. The molecule has 2 aliphatic heterocycles. The minimum absolute atomic E-state index is 0.0601. The van der Waals surface area contributed by atoms with E-state index in [9.17, 15) is 13.6 Å². The third-order valence-electron chi connectivity index (χ3n) is 5.07. The quantitative estimate of drug-likeness (QED) is 0.792. The van der Waals surface area contributed by atoms with Gasteiger partial charge in [-0.2, -0.15) is 0 Å². The van der Waals surface area contributed by atoms with Crippen molar-refractivity contribution in [3.8, 4) is 0 Å². The number of nitrogens with zero attached hydrogens (tertiary/aromatic N) is 1. The molecule has 2 aliphatic rings. The molecule has 0 radical (unpaired) electrons. The van der Waals surface area contributed by atoms with Crippen molar-refractivity contribution in [3.05, 3.63) is 28.8 Å². The molecule has 0 bridgehead atoms. The number of piperidine rings is 1. The molecule has 6 heteroatoms. The summed E-state index contributed by atoms with van der Waals surface area (Å²) in [7, 11) is 0. The van der Waals surface area contributed by atoms with E-state index in [1.54, 1.807) is 11.0 Å². The number of carbonyl (C=O) groups excluding carboxylic acids is 1. The Kier molecular flexibility index (Phi) is 5.39. The zero-order valence-electron chi connectivity index (χ0n) is 15.8. The van der Waals surface area contributed by atoms with Crippen molar-refractivity contribution >= 4 is 11.8 Å². The first-order valence-electron chi connectivity index (χ1n) is 9.41. The fourth-order valence-electron chi connectivity index (χ4n) is 3.80. The van der Waals surface area contributed by atoms with Crippen LogP contribution >= 0.6 is 0 Å². The third kappa shape index (κ3) is 4.27. The minimum Gasteiger partial charge on any atom is -0.444 e. The number of hydrogen-bond donors (Lipinski definition) is 1. The van der Waals surface area contributed by atoms with Crippen LogP contribution in [0.4, 0.5) is 19.3 Å². The number of likely N-dealkylation sites (tertiary alicyclic amines) is 1. The molecule has 3 rings (SSSR count). The molecule has 1 saturated heterocycles. The lowest BCUT2D eigenvalue weighted by atomic mass is 9.84. The number of anilines is 1. The molecular formula is C20H28F2N2O2. The highest BCUT2D eigenvalue weighted by Gasteiger charge is 2.30. The summed E-state index contributed by atoms with van der Waals surface area (Å²) >= 11 is 0. The van der Waals surface area contributed by atoms with Crippen molar-refractivity contribution in [2.45, 2.75) is 64.4 Å². The van der Waals surface area contributed by atoms with Crippen LogP contribution in [0.25, 0.3) is 0 Å². The van der Waals surface area contributed by atoms with Crippen molar-refractivity contribution in [2.24, 2.45) is 0 Å². The summed E-state index contributed by atoms with van der Waals surface area (Å²) in [5.41, 5.74) is 2.34. The van der Waals surface area contributed by atoms with E-state index in [-0.39, 0.29) is 17.6 Å². The Morgan fingerprint density at radius 1 is 1.27 bits per heavy atom. The summed E-state index contributed by atoms with van der Waals surface area (Å²) in [6.07, 6.45) is 0.520. The number of carbonyl (C=O) groups is 1. The van der Waals surface area contributed by atoms with Crippen LogP contribution in [0.15, 0.2) is 12.1 Å². The average Bonchev–Trinajstić information content (AvgIpc) is 2.59. The van der Waals surface area contributed by atoms with Crippen molar-refractivity contribution in [1.29, 1.82) is 0 Å². The van der Waals surface area contributed by atoms with Crippen molar-refractivity contribution in [3.63, 3.8) is 0 Å². The number of benzene rings is 1. The number of amides is 1. The highest BCUT2D eigenvalue weighted by molar-refractivity contribution is 5.68. The van der Waals surface area contributed by atoms with E-state index in [0.29, 0.717) is 25.9 Å². The van der Waals surface area contributed by atoms with Crippen LogP contribution in [0.1, 0.15) is 69.1 Å². The predicted octanol–water partition coefficient (Wildman–Crippen LogP) is 5.10. The molecular weight excluding hydrogens is 338 g/mol. The van der Waals surface area contributed by atoms with Gasteiger partial charge in [-0.3, -0.25) is 0 Å². The van der Waals surface area contributed by atoms with Gasteiger partial charge in [-0.15, -0.1) is 0 Å². The number of fused-ring (bicyclic) bond motifs is 1. The largest absolute Gasteiger partial charge is 0.444 e. The zero-order chi connectivity index (χ0) is 18.9. The van der Waals surface area contributed by atoms with Gasteiger partial charge in [0.15, 0.2) is 0 Å². The molecule has 0 aromatic heterocycles. The van der Waals surface area contributed by atoms with Gasteiger partial charge < -0.3 is 15.0 Å². The second-order valence-corrected chi connectivity index (χ2v) is 8.21. The van der Waals surface area contributed by atoms with Crippen LogP contribution in [0.3, 0.4) is 0 Å². The van der Waals surface area contributed by atoms with E-state index in [1.165, 1.54) is 0 Å². The molecule has 1 aromatic rings. The summed E-state index contributed by atoms with van der Waals surface area (Å²) in [5, 5.41) is 3.23. The smallest absolute Gasteiger partial charge is 0.410 e. The van der Waals surface area contributed by atoms with E-state index >= 15 is 0 Å². The van der Waals surface area contributed by atoms with Crippen LogP contribution < -0.4 is 5.32 Å². The Balaban J connectivity index is 1.74. The Hall–Kier alpha value is -1.85. The van der Waals surface area contributed by atoms with Gasteiger partial charge in [0.05, 0.1) is 0 Å². The van der Waals surface area contributed by atoms with E-state index in [2.05, 4.69) is 5.32 Å². The van der Waals surface area contributed by atoms with Crippen LogP contribution in [0.2, 0.25) is 0 Å². The molecule has 2 heterocycles. The lowest BCUT2D eigenvalue weighted by molar-refractivity contribution is 0.0203. The zero-order valence-corrected chi connectivity index (χ0v) is 15.8. The maximum Gasteiger partial charge on any atom is 0.410 e. The molecule has 1 fully saturated rings. The SMILES string of the molecule is CC(C)(C)OC(=O)N1CCC(c2cc3c(cc2C(F)F)NCCC3)CC1. The standard InChI is InChI=1S/C20H28F2N2O2/c1-20(2,3)26-19(25)24-9-6-13(7-10-24)15-11-14-5-4-8-23-17(14)12-16(15)18(21)22/h11-13,18,23H,4-10H2,1-3H3. The fourth-order valence-corrected chi connectivity index (χ4v) is 3.80. The van der Waals surface area contributed by atoms with Gasteiger partial charge in [0, 0.05) is 30.9 Å². The summed E-state index contributed by atoms with van der Waals surface area (Å²) < 4.78 is 32.7. The lowest BCUT2D eigenvalue weighted by Crippen LogP contribution is -2.41. The minimum atomic E-state index is -2.48. The van der Waals surface area contributed by atoms with E-state index in [4.69, 9.17) is 4.74 Å². The first kappa shape index (κ1) is 18.9. The van der Waals surface area contributed by atoms with Crippen LogP contribution in [0, 0.1) is 0 Å². The van der Waals surface area contributed by atoms with E-state index < -0.39 is 12.0 Å². The molecule has 26 heavy (non-hydrogen) atoms. The molecule has 144 valence electrons. The van der Waals surface area contributed by atoms with Crippen LogP contribution in [0.5, 0.6) is 0 Å². The molecule has 1 N–H and O–H groups in total. The van der Waals surface area contributed by atoms with E-state index in [1.807, 2.05) is 26.8 Å². The normalized spacial score (nSPS) is 18.5. The maximum absolute atomic E-state index is 13.6. The van der Waals surface area contributed by atoms with Gasteiger partial charge in [0.1, 0.15) is 5.60 Å². The van der Waals surface area contributed by atoms with Gasteiger partial charge in [0.25, 0.3) is 6.43 Å². The summed E-state index contributed by atoms with van der Waals surface area (Å²) in [5.74, 6) is 0.0601. The predicted molar refractivity (Wildman–Crippen MR) is 98.0 cm³/mol. The van der Waals surface area contributed by atoms with Crippen molar-refractivity contribution in [1.82, 2.24) is 4.90 Å². The van der Waals surface area contributed by atoms with Gasteiger partial charge in [-0.1, -0.05) is 6.07 Å². The van der Waals surface area contributed by atoms with Gasteiger partial charge in [-0.25, -0.2) is 13.6 Å². The Morgan fingerprint density at radius 2 is 1.96 bits per heavy atom. The topological polar surface area (TPSA) is 41.6 Å². The number of halogens is 2. The molecule has 0 spiro atoms. The second kappa shape index (κ2) is 7.41. The molecule has 4 nitrogen and oxygen atoms in total. The summed E-state index contributed by atoms with van der Waals surface area (Å²) in [6, 6.07) is 3.60. The monoisotopic (exact) mass is 366 g/mol. The van der Waals surface area contributed by atoms with Gasteiger partial charge >= 0.3 is 6.09 Å². The summed E-state index contributed by atoms with van der Waals surface area (Å²) in [6.45, 7) is 7.44. The third-order valence-corrected chi connectivity index (χ3v) is 5.07. The first-order chi connectivity index (χ1) is 12.2. The maximum atomic E-state index is 13.6. The molecule has 1 aromatic carbocycles. The fraction of sp³-hybridized carbons (Fsp3) is 0.650. The Bertz CT molecular complexity index is 663. The Labute approximate surface area is 153 Å². The number of nitrogens with one attached hydrogen (secondary N) is 1. The first-order valence-corrected chi connectivity index (χ1v) is 9.41. The highest BCUT2D eigenvalue weighted by atomic mass is 19.3. The number of ether oxygens (including phenoxy) is 1. The number of hydrogen-bond acceptors (Lipinski definition) is 3. The molecule has 0 aliphatic carbocycles.